The quantitative estimate of drug-likeness (QED) is 0.788. The summed E-state index contributed by atoms with van der Waals surface area (Å²) in [6.45, 7) is 6.95. The summed E-state index contributed by atoms with van der Waals surface area (Å²) < 4.78 is 0. The summed E-state index contributed by atoms with van der Waals surface area (Å²) in [5.74, 6) is -0.136. The Hall–Kier alpha value is -2.26. The van der Waals surface area contributed by atoms with E-state index in [0.29, 0.717) is 28.8 Å². The fourth-order valence-electron chi connectivity index (χ4n) is 2.62. The molecule has 0 aromatic heterocycles. The zero-order valence-corrected chi connectivity index (χ0v) is 13.1. The average Bonchev–Trinajstić information content (AvgIpc) is 2.50. The highest BCUT2D eigenvalue weighted by Gasteiger charge is 2.29. The van der Waals surface area contributed by atoms with Gasteiger partial charge in [0.1, 0.15) is 0 Å². The largest absolute Gasteiger partial charge is 0.308 e. The lowest BCUT2D eigenvalue weighted by Gasteiger charge is -2.22. The normalized spacial score (nSPS) is 13.8. The van der Waals surface area contributed by atoms with Crippen LogP contribution in [0.15, 0.2) is 42.5 Å². The Balaban J connectivity index is 1.99. The number of nitrogens with one attached hydrogen (secondary N) is 1. The first-order chi connectivity index (χ1) is 10.4. The minimum atomic E-state index is -0.0690. The molecule has 3 heteroatoms. The Bertz CT molecular complexity index is 769. The average molecular weight is 293 g/mol. The van der Waals surface area contributed by atoms with Gasteiger partial charge in [-0.05, 0) is 38.5 Å². The highest BCUT2D eigenvalue weighted by atomic mass is 16.1. The fraction of sp³-hybridized carbons (Fsp3) is 0.263. The van der Waals surface area contributed by atoms with E-state index in [1.807, 2.05) is 12.1 Å². The van der Waals surface area contributed by atoms with Crippen LogP contribution in [-0.4, -0.2) is 17.1 Å². The second-order valence-corrected chi connectivity index (χ2v) is 6.69. The third-order valence-corrected chi connectivity index (χ3v) is 3.81. The molecule has 1 aliphatic rings. The lowest BCUT2D eigenvalue weighted by molar-refractivity contribution is 0.0979. The lowest BCUT2D eigenvalue weighted by Crippen LogP contribution is -2.35. The van der Waals surface area contributed by atoms with E-state index in [-0.39, 0.29) is 17.1 Å². The number of rotatable bonds is 2. The first-order valence-electron chi connectivity index (χ1n) is 7.43. The van der Waals surface area contributed by atoms with Crippen molar-refractivity contribution in [2.45, 2.75) is 32.9 Å². The number of hydrogen-bond acceptors (Lipinski definition) is 3. The summed E-state index contributed by atoms with van der Waals surface area (Å²) in [5.41, 5.74) is 3.03. The molecular weight excluding hydrogens is 274 g/mol. The summed E-state index contributed by atoms with van der Waals surface area (Å²) in [6.07, 6.45) is 0. The molecule has 0 unspecified atom stereocenters. The molecule has 3 nitrogen and oxygen atoms in total. The molecule has 0 aliphatic heterocycles. The van der Waals surface area contributed by atoms with E-state index in [2.05, 4.69) is 26.1 Å². The van der Waals surface area contributed by atoms with Crippen LogP contribution in [0.25, 0.3) is 0 Å². The molecular formula is C19H19NO2. The number of benzene rings is 2. The van der Waals surface area contributed by atoms with E-state index in [1.54, 1.807) is 30.3 Å². The molecule has 22 heavy (non-hydrogen) atoms. The first-order valence-corrected chi connectivity index (χ1v) is 7.43. The van der Waals surface area contributed by atoms with E-state index in [0.717, 1.165) is 5.56 Å². The van der Waals surface area contributed by atoms with Gasteiger partial charge in [0.25, 0.3) is 0 Å². The van der Waals surface area contributed by atoms with Crippen LogP contribution in [0.5, 0.6) is 0 Å². The van der Waals surface area contributed by atoms with E-state index in [1.165, 1.54) is 0 Å². The number of carbonyl (C=O) groups is 2. The van der Waals surface area contributed by atoms with Crippen molar-refractivity contribution in [3.05, 3.63) is 70.3 Å². The van der Waals surface area contributed by atoms with Crippen molar-refractivity contribution in [3.8, 4) is 0 Å². The SMILES string of the molecule is CC(C)(C)NCc1ccc2c(c1)C(=O)c1ccccc1C2=O. The number of ketones is 2. The summed E-state index contributed by atoms with van der Waals surface area (Å²) in [4.78, 5) is 25.1. The molecule has 0 heterocycles. The topological polar surface area (TPSA) is 46.2 Å². The van der Waals surface area contributed by atoms with Crippen molar-refractivity contribution in [1.29, 1.82) is 0 Å². The van der Waals surface area contributed by atoms with Gasteiger partial charge in [-0.3, -0.25) is 9.59 Å². The molecule has 0 fully saturated rings. The van der Waals surface area contributed by atoms with Crippen LogP contribution in [-0.2, 0) is 6.54 Å². The Morgan fingerprint density at radius 3 is 1.95 bits per heavy atom. The van der Waals surface area contributed by atoms with E-state index in [4.69, 9.17) is 0 Å². The Morgan fingerprint density at radius 1 is 0.818 bits per heavy atom. The zero-order chi connectivity index (χ0) is 15.9. The predicted octanol–water partition coefficient (Wildman–Crippen LogP) is 3.35. The van der Waals surface area contributed by atoms with Gasteiger partial charge in [-0.1, -0.05) is 30.3 Å². The van der Waals surface area contributed by atoms with Crippen LogP contribution in [0.2, 0.25) is 0 Å². The van der Waals surface area contributed by atoms with Crippen molar-refractivity contribution in [2.24, 2.45) is 0 Å². The standard InChI is InChI=1S/C19H19NO2/c1-19(2,3)20-11-12-8-9-15-16(10-12)18(22)14-7-5-4-6-13(14)17(15)21/h4-10,20H,11H2,1-3H3. The molecule has 1 N–H and O–H groups in total. The molecule has 0 radical (unpaired) electrons. The molecule has 1 aliphatic carbocycles. The second-order valence-electron chi connectivity index (χ2n) is 6.69. The summed E-state index contributed by atoms with van der Waals surface area (Å²) in [5, 5.41) is 3.39. The zero-order valence-electron chi connectivity index (χ0n) is 13.1. The minimum absolute atomic E-state index is 0.00231. The summed E-state index contributed by atoms with van der Waals surface area (Å²) in [6, 6.07) is 12.5. The van der Waals surface area contributed by atoms with Gasteiger partial charge >= 0.3 is 0 Å². The number of hydrogen-bond donors (Lipinski definition) is 1. The minimum Gasteiger partial charge on any atom is -0.308 e. The maximum absolute atomic E-state index is 12.6. The van der Waals surface area contributed by atoms with Crippen molar-refractivity contribution in [2.75, 3.05) is 0 Å². The van der Waals surface area contributed by atoms with E-state index >= 15 is 0 Å². The molecule has 112 valence electrons. The van der Waals surface area contributed by atoms with Crippen LogP contribution in [0, 0.1) is 0 Å². The van der Waals surface area contributed by atoms with E-state index in [9.17, 15) is 9.59 Å². The smallest absolute Gasteiger partial charge is 0.194 e. The second kappa shape index (κ2) is 5.18. The van der Waals surface area contributed by atoms with Crippen LogP contribution in [0.1, 0.15) is 58.2 Å². The maximum atomic E-state index is 12.6. The van der Waals surface area contributed by atoms with Gasteiger partial charge in [-0.2, -0.15) is 0 Å². The molecule has 2 aromatic rings. The van der Waals surface area contributed by atoms with Gasteiger partial charge in [-0.15, -0.1) is 0 Å². The summed E-state index contributed by atoms with van der Waals surface area (Å²) in [7, 11) is 0. The van der Waals surface area contributed by atoms with Gasteiger partial charge in [0.05, 0.1) is 0 Å². The Morgan fingerprint density at radius 2 is 1.36 bits per heavy atom. The number of carbonyl (C=O) groups excluding carboxylic acids is 2. The first kappa shape index (κ1) is 14.7. The van der Waals surface area contributed by atoms with Crippen molar-refractivity contribution in [3.63, 3.8) is 0 Å². The molecule has 0 atom stereocenters. The highest BCUT2D eigenvalue weighted by molar-refractivity contribution is 6.28. The van der Waals surface area contributed by atoms with Gasteiger partial charge < -0.3 is 5.32 Å². The van der Waals surface area contributed by atoms with Crippen molar-refractivity contribution in [1.82, 2.24) is 5.32 Å². The molecule has 0 bridgehead atoms. The van der Waals surface area contributed by atoms with E-state index < -0.39 is 0 Å². The van der Waals surface area contributed by atoms with Gasteiger partial charge in [-0.25, -0.2) is 0 Å². The third kappa shape index (κ3) is 2.60. The van der Waals surface area contributed by atoms with Gasteiger partial charge in [0, 0.05) is 34.3 Å². The van der Waals surface area contributed by atoms with Crippen LogP contribution in [0.3, 0.4) is 0 Å². The Kier molecular flexibility index (Phi) is 3.45. The van der Waals surface area contributed by atoms with Crippen LogP contribution < -0.4 is 5.32 Å². The van der Waals surface area contributed by atoms with Crippen LogP contribution >= 0.6 is 0 Å². The molecule has 0 amide bonds. The fourth-order valence-corrected chi connectivity index (χ4v) is 2.62. The maximum Gasteiger partial charge on any atom is 0.194 e. The van der Waals surface area contributed by atoms with Crippen molar-refractivity contribution >= 4 is 11.6 Å². The Labute approximate surface area is 130 Å². The van der Waals surface area contributed by atoms with Crippen molar-refractivity contribution < 1.29 is 9.59 Å². The molecule has 0 saturated carbocycles. The summed E-state index contributed by atoms with van der Waals surface area (Å²) >= 11 is 0. The van der Waals surface area contributed by atoms with Crippen LogP contribution in [0.4, 0.5) is 0 Å². The molecule has 0 saturated heterocycles. The third-order valence-electron chi connectivity index (χ3n) is 3.81. The highest BCUT2D eigenvalue weighted by Crippen LogP contribution is 2.27. The number of fused-ring (bicyclic) bond motifs is 2. The lowest BCUT2D eigenvalue weighted by atomic mass is 9.83. The molecule has 0 spiro atoms. The van der Waals surface area contributed by atoms with Gasteiger partial charge in [0.15, 0.2) is 11.6 Å². The van der Waals surface area contributed by atoms with Gasteiger partial charge in [0.2, 0.25) is 0 Å². The molecule has 2 aromatic carbocycles. The molecule has 3 rings (SSSR count). The predicted molar refractivity (Wildman–Crippen MR) is 86.3 cm³/mol. The monoisotopic (exact) mass is 293 g/mol.